The number of rotatable bonds is 7. The topological polar surface area (TPSA) is 64.1 Å². The first-order valence-corrected chi connectivity index (χ1v) is 9.49. The second-order valence-corrected chi connectivity index (χ2v) is 6.87. The van der Waals surface area contributed by atoms with Crippen molar-refractivity contribution in [2.45, 2.75) is 19.8 Å². The van der Waals surface area contributed by atoms with Gasteiger partial charge in [0, 0.05) is 17.1 Å². The lowest BCUT2D eigenvalue weighted by atomic mass is 10.2. The Morgan fingerprint density at radius 2 is 2.04 bits per heavy atom. The minimum Gasteiger partial charge on any atom is -0.494 e. The molecule has 2 aromatic heterocycles. The van der Waals surface area contributed by atoms with E-state index in [1.54, 1.807) is 18.3 Å². The summed E-state index contributed by atoms with van der Waals surface area (Å²) in [5, 5.41) is 5.71. The lowest BCUT2D eigenvalue weighted by molar-refractivity contribution is -0.115. The number of hydrogen-bond donors (Lipinski definition) is 1. The van der Waals surface area contributed by atoms with Gasteiger partial charge in [0.05, 0.1) is 18.7 Å². The number of carbonyl (C=O) groups excluding carboxylic acids is 1. The van der Waals surface area contributed by atoms with Crippen molar-refractivity contribution in [3.05, 3.63) is 58.7 Å². The van der Waals surface area contributed by atoms with Crippen LogP contribution < -0.4 is 10.1 Å². The summed E-state index contributed by atoms with van der Waals surface area (Å²) >= 11 is 7.14. The SMILES string of the molecule is CCCOc1ccc(-c2csc(NC(=O)Cc3ccc(Cl)nc3)n2)cc1. The number of hydrogen-bond acceptors (Lipinski definition) is 5. The molecule has 1 aromatic carbocycles. The largest absolute Gasteiger partial charge is 0.494 e. The van der Waals surface area contributed by atoms with E-state index in [0.717, 1.165) is 29.0 Å². The zero-order valence-electron chi connectivity index (χ0n) is 14.2. The molecule has 1 N–H and O–H groups in total. The van der Waals surface area contributed by atoms with Crippen molar-refractivity contribution in [3.63, 3.8) is 0 Å². The average molecular weight is 388 g/mol. The number of aromatic nitrogens is 2. The predicted molar refractivity (Wildman–Crippen MR) is 105 cm³/mol. The number of anilines is 1. The van der Waals surface area contributed by atoms with Crippen molar-refractivity contribution in [1.82, 2.24) is 9.97 Å². The van der Waals surface area contributed by atoms with Gasteiger partial charge < -0.3 is 10.1 Å². The van der Waals surface area contributed by atoms with Gasteiger partial charge in [-0.25, -0.2) is 9.97 Å². The van der Waals surface area contributed by atoms with Crippen LogP contribution in [0.4, 0.5) is 5.13 Å². The molecule has 0 bridgehead atoms. The molecule has 0 spiro atoms. The zero-order valence-corrected chi connectivity index (χ0v) is 15.8. The fourth-order valence-corrected chi connectivity index (χ4v) is 3.11. The highest BCUT2D eigenvalue weighted by atomic mass is 35.5. The maximum atomic E-state index is 12.1. The quantitative estimate of drug-likeness (QED) is 0.590. The molecule has 134 valence electrons. The molecule has 0 unspecified atom stereocenters. The van der Waals surface area contributed by atoms with E-state index in [-0.39, 0.29) is 12.3 Å². The third-order valence-electron chi connectivity index (χ3n) is 3.53. The molecular formula is C19H18ClN3O2S. The molecule has 3 rings (SSSR count). The first kappa shape index (κ1) is 18.4. The van der Waals surface area contributed by atoms with Gasteiger partial charge in [-0.2, -0.15) is 0 Å². The van der Waals surface area contributed by atoms with Crippen molar-refractivity contribution < 1.29 is 9.53 Å². The molecule has 0 atom stereocenters. The van der Waals surface area contributed by atoms with Crippen LogP contribution in [0, 0.1) is 0 Å². The maximum Gasteiger partial charge on any atom is 0.230 e. The van der Waals surface area contributed by atoms with Gasteiger partial charge >= 0.3 is 0 Å². The Bertz CT molecular complexity index is 863. The summed E-state index contributed by atoms with van der Waals surface area (Å²) in [7, 11) is 0. The van der Waals surface area contributed by atoms with E-state index in [4.69, 9.17) is 16.3 Å². The van der Waals surface area contributed by atoms with E-state index in [2.05, 4.69) is 22.2 Å². The number of pyridine rings is 1. The number of ether oxygens (including phenoxy) is 1. The molecule has 7 heteroatoms. The molecule has 0 fully saturated rings. The summed E-state index contributed by atoms with van der Waals surface area (Å²) in [4.78, 5) is 20.6. The number of carbonyl (C=O) groups is 1. The third kappa shape index (κ3) is 5.03. The molecule has 3 aromatic rings. The van der Waals surface area contributed by atoms with Gasteiger partial charge in [-0.3, -0.25) is 4.79 Å². The second-order valence-electron chi connectivity index (χ2n) is 5.62. The Labute approximate surface area is 161 Å². The van der Waals surface area contributed by atoms with E-state index in [0.29, 0.717) is 16.9 Å². The van der Waals surface area contributed by atoms with E-state index in [1.165, 1.54) is 11.3 Å². The highest BCUT2D eigenvalue weighted by Gasteiger charge is 2.09. The van der Waals surface area contributed by atoms with Crippen molar-refractivity contribution in [2.75, 3.05) is 11.9 Å². The van der Waals surface area contributed by atoms with Gasteiger partial charge in [0.15, 0.2) is 5.13 Å². The first-order chi connectivity index (χ1) is 12.6. The molecule has 0 aliphatic carbocycles. The van der Waals surface area contributed by atoms with Crippen molar-refractivity contribution in [2.24, 2.45) is 0 Å². The number of nitrogens with zero attached hydrogens (tertiary/aromatic N) is 2. The lowest BCUT2D eigenvalue weighted by Crippen LogP contribution is -2.14. The van der Waals surface area contributed by atoms with Crippen LogP contribution in [-0.4, -0.2) is 22.5 Å². The first-order valence-electron chi connectivity index (χ1n) is 8.23. The molecule has 5 nitrogen and oxygen atoms in total. The monoisotopic (exact) mass is 387 g/mol. The Morgan fingerprint density at radius 3 is 2.73 bits per heavy atom. The molecule has 26 heavy (non-hydrogen) atoms. The number of nitrogens with one attached hydrogen (secondary N) is 1. The van der Waals surface area contributed by atoms with Gasteiger partial charge in [0.2, 0.25) is 5.91 Å². The van der Waals surface area contributed by atoms with Crippen LogP contribution in [0.15, 0.2) is 48.0 Å². The Kier molecular flexibility index (Phi) is 6.20. The summed E-state index contributed by atoms with van der Waals surface area (Å²) < 4.78 is 5.58. The Morgan fingerprint density at radius 1 is 1.23 bits per heavy atom. The Balaban J connectivity index is 1.60. The van der Waals surface area contributed by atoms with Crippen LogP contribution in [-0.2, 0) is 11.2 Å². The van der Waals surface area contributed by atoms with Crippen LogP contribution in [0.3, 0.4) is 0 Å². The summed E-state index contributed by atoms with van der Waals surface area (Å²) in [5.74, 6) is 0.703. The fourth-order valence-electron chi connectivity index (χ4n) is 2.27. The molecule has 0 radical (unpaired) electrons. The second kappa shape index (κ2) is 8.78. The summed E-state index contributed by atoms with van der Waals surface area (Å²) in [6, 6.07) is 11.2. The van der Waals surface area contributed by atoms with E-state index < -0.39 is 0 Å². The maximum absolute atomic E-state index is 12.1. The number of amides is 1. The molecule has 0 saturated heterocycles. The molecule has 2 heterocycles. The number of thiazole rings is 1. The van der Waals surface area contributed by atoms with Crippen LogP contribution in [0.25, 0.3) is 11.3 Å². The van der Waals surface area contributed by atoms with E-state index in [9.17, 15) is 4.79 Å². The normalized spacial score (nSPS) is 10.5. The lowest BCUT2D eigenvalue weighted by Gasteiger charge is -2.04. The van der Waals surface area contributed by atoms with Gasteiger partial charge in [-0.15, -0.1) is 11.3 Å². The van der Waals surface area contributed by atoms with Crippen molar-refractivity contribution in [3.8, 4) is 17.0 Å². The fraction of sp³-hybridized carbons (Fsp3) is 0.211. The highest BCUT2D eigenvalue weighted by molar-refractivity contribution is 7.14. The Hall–Kier alpha value is -2.44. The third-order valence-corrected chi connectivity index (χ3v) is 4.51. The van der Waals surface area contributed by atoms with Gasteiger partial charge in [-0.1, -0.05) is 24.6 Å². The predicted octanol–water partition coefficient (Wildman–Crippen LogP) is 4.83. The molecule has 0 aliphatic heterocycles. The molecule has 0 aliphatic rings. The molecule has 1 amide bonds. The average Bonchev–Trinajstić information content (AvgIpc) is 3.10. The minimum absolute atomic E-state index is 0.140. The van der Waals surface area contributed by atoms with Crippen molar-refractivity contribution in [1.29, 1.82) is 0 Å². The van der Waals surface area contributed by atoms with Gasteiger partial charge in [0.25, 0.3) is 0 Å². The van der Waals surface area contributed by atoms with Crippen LogP contribution in [0.1, 0.15) is 18.9 Å². The molecular weight excluding hydrogens is 370 g/mol. The molecule has 0 saturated carbocycles. The highest BCUT2D eigenvalue weighted by Crippen LogP contribution is 2.26. The van der Waals surface area contributed by atoms with Crippen LogP contribution >= 0.6 is 22.9 Å². The van der Waals surface area contributed by atoms with E-state index in [1.807, 2.05) is 29.6 Å². The summed E-state index contributed by atoms with van der Waals surface area (Å²) in [6.07, 6.45) is 2.79. The van der Waals surface area contributed by atoms with Crippen LogP contribution in [0.2, 0.25) is 5.15 Å². The zero-order chi connectivity index (χ0) is 18.4. The minimum atomic E-state index is -0.140. The number of halogens is 1. The standard InChI is InChI=1S/C19H18ClN3O2S/c1-2-9-25-15-6-4-14(5-7-15)16-12-26-19(22-16)23-18(24)10-13-3-8-17(20)21-11-13/h3-8,11-12H,2,9-10H2,1H3,(H,22,23,24). The summed E-state index contributed by atoms with van der Waals surface area (Å²) in [6.45, 7) is 2.78. The van der Waals surface area contributed by atoms with Crippen LogP contribution in [0.5, 0.6) is 5.75 Å². The number of benzene rings is 1. The summed E-state index contributed by atoms with van der Waals surface area (Å²) in [5.41, 5.74) is 2.60. The van der Waals surface area contributed by atoms with Crippen molar-refractivity contribution >= 4 is 34.0 Å². The van der Waals surface area contributed by atoms with Gasteiger partial charge in [-0.05, 0) is 42.3 Å². The smallest absolute Gasteiger partial charge is 0.230 e. The van der Waals surface area contributed by atoms with E-state index >= 15 is 0 Å². The van der Waals surface area contributed by atoms with Gasteiger partial charge in [0.1, 0.15) is 10.9 Å².